The van der Waals surface area contributed by atoms with Crippen LogP contribution in [0.2, 0.25) is 0 Å². The highest BCUT2D eigenvalue weighted by molar-refractivity contribution is 7.99. The van der Waals surface area contributed by atoms with Crippen molar-refractivity contribution in [3.05, 3.63) is 35.6 Å². The molecule has 0 atom stereocenters. The van der Waals surface area contributed by atoms with Crippen molar-refractivity contribution >= 4 is 17.7 Å². The first kappa shape index (κ1) is 16.3. The average Bonchev–Trinajstić information content (AvgIpc) is 2.45. The van der Waals surface area contributed by atoms with E-state index in [9.17, 15) is 14.3 Å². The van der Waals surface area contributed by atoms with Crippen LogP contribution in [0.4, 0.5) is 4.39 Å². The normalized spacial score (nSPS) is 18.3. The largest absolute Gasteiger partial charge is 0.380 e. The zero-order valence-corrected chi connectivity index (χ0v) is 13.3. The molecular formula is C16H22FNO2S. The zero-order valence-electron chi connectivity index (χ0n) is 12.5. The van der Waals surface area contributed by atoms with Crippen molar-refractivity contribution in [1.82, 2.24) is 5.32 Å². The van der Waals surface area contributed by atoms with Crippen molar-refractivity contribution in [2.75, 3.05) is 18.1 Å². The summed E-state index contributed by atoms with van der Waals surface area (Å²) in [5.41, 5.74) is -0.810. The Morgan fingerprint density at radius 1 is 1.43 bits per heavy atom. The Hall–Kier alpha value is -1.07. The number of benzene rings is 1. The molecule has 5 heteroatoms. The van der Waals surface area contributed by atoms with Crippen LogP contribution in [-0.4, -0.2) is 34.7 Å². The molecule has 1 aromatic carbocycles. The lowest BCUT2D eigenvalue weighted by molar-refractivity contribution is -0.140. The second kappa shape index (κ2) is 6.36. The highest BCUT2D eigenvalue weighted by Gasteiger charge is 2.38. The van der Waals surface area contributed by atoms with E-state index in [1.807, 2.05) is 19.9 Å². The first-order valence-corrected chi connectivity index (χ1v) is 8.33. The summed E-state index contributed by atoms with van der Waals surface area (Å²) >= 11 is 1.76. The molecule has 1 heterocycles. The molecule has 0 radical (unpaired) electrons. The van der Waals surface area contributed by atoms with Gasteiger partial charge in [-0.15, -0.1) is 0 Å². The highest BCUT2D eigenvalue weighted by Crippen LogP contribution is 2.28. The lowest BCUT2D eigenvalue weighted by atomic mass is 9.84. The fraction of sp³-hybridized carbons (Fsp3) is 0.562. The van der Waals surface area contributed by atoms with Gasteiger partial charge in [0.1, 0.15) is 11.4 Å². The van der Waals surface area contributed by atoms with Crippen LogP contribution in [0.1, 0.15) is 32.3 Å². The van der Waals surface area contributed by atoms with Gasteiger partial charge in [0, 0.05) is 12.0 Å². The summed E-state index contributed by atoms with van der Waals surface area (Å²) in [6.45, 7) is 4.26. The van der Waals surface area contributed by atoms with Crippen molar-refractivity contribution in [3.63, 3.8) is 0 Å². The van der Waals surface area contributed by atoms with E-state index in [1.54, 1.807) is 17.8 Å². The molecule has 0 unspecified atom stereocenters. The molecule has 0 aromatic heterocycles. The number of carbonyl (C=O) groups is 1. The third kappa shape index (κ3) is 3.98. The number of aliphatic hydroxyl groups is 1. The maximum Gasteiger partial charge on any atom is 0.252 e. The highest BCUT2D eigenvalue weighted by atomic mass is 32.2. The predicted molar refractivity (Wildman–Crippen MR) is 83.9 cm³/mol. The molecule has 116 valence electrons. The second-order valence-electron chi connectivity index (χ2n) is 6.22. The van der Waals surface area contributed by atoms with Crippen molar-refractivity contribution in [1.29, 1.82) is 0 Å². The molecule has 1 aliphatic heterocycles. The van der Waals surface area contributed by atoms with Gasteiger partial charge in [0.2, 0.25) is 0 Å². The van der Waals surface area contributed by atoms with Gasteiger partial charge in [-0.3, -0.25) is 4.79 Å². The van der Waals surface area contributed by atoms with Gasteiger partial charge in [-0.1, -0.05) is 26.0 Å². The third-order valence-corrected chi connectivity index (χ3v) is 5.03. The summed E-state index contributed by atoms with van der Waals surface area (Å²) in [5, 5.41) is 13.2. The average molecular weight is 311 g/mol. The van der Waals surface area contributed by atoms with Crippen LogP contribution in [-0.2, 0) is 10.2 Å². The van der Waals surface area contributed by atoms with Gasteiger partial charge < -0.3 is 10.4 Å². The maximum atomic E-state index is 13.3. The minimum atomic E-state index is -1.25. The molecule has 21 heavy (non-hydrogen) atoms. The van der Waals surface area contributed by atoms with Crippen LogP contribution in [0, 0.1) is 5.82 Å². The molecule has 2 rings (SSSR count). The van der Waals surface area contributed by atoms with E-state index < -0.39 is 11.0 Å². The van der Waals surface area contributed by atoms with E-state index in [4.69, 9.17) is 0 Å². The van der Waals surface area contributed by atoms with E-state index in [2.05, 4.69) is 5.32 Å². The molecular weight excluding hydrogens is 289 g/mol. The van der Waals surface area contributed by atoms with Gasteiger partial charge in [-0.2, -0.15) is 11.8 Å². The fourth-order valence-corrected chi connectivity index (χ4v) is 3.58. The summed E-state index contributed by atoms with van der Waals surface area (Å²) in [5.74, 6) is 1.01. The number of halogens is 1. The van der Waals surface area contributed by atoms with Gasteiger partial charge in [0.15, 0.2) is 0 Å². The van der Waals surface area contributed by atoms with Gasteiger partial charge in [0.25, 0.3) is 5.91 Å². The summed E-state index contributed by atoms with van der Waals surface area (Å²) in [6.07, 6.45) is 0.980. The first-order valence-electron chi connectivity index (χ1n) is 7.18. The van der Waals surface area contributed by atoms with Gasteiger partial charge in [-0.05, 0) is 42.0 Å². The standard InChI is InChI=1S/C16H22FNO2S/c1-15(2,12-4-3-5-13(17)10-12)11-18-14(19)16(20)6-8-21-9-7-16/h3-5,10,20H,6-9,11H2,1-2H3,(H,18,19). The summed E-state index contributed by atoms with van der Waals surface area (Å²) < 4.78 is 13.3. The number of hydrogen-bond donors (Lipinski definition) is 2. The molecule has 0 saturated carbocycles. The smallest absolute Gasteiger partial charge is 0.252 e. The van der Waals surface area contributed by atoms with Crippen LogP contribution >= 0.6 is 11.8 Å². The number of amides is 1. The fourth-order valence-electron chi connectivity index (χ4n) is 2.41. The summed E-state index contributed by atoms with van der Waals surface area (Å²) in [6, 6.07) is 6.40. The van der Waals surface area contributed by atoms with Gasteiger partial charge >= 0.3 is 0 Å². The molecule has 3 nitrogen and oxygen atoms in total. The second-order valence-corrected chi connectivity index (χ2v) is 7.45. The van der Waals surface area contributed by atoms with Crippen LogP contribution in [0.5, 0.6) is 0 Å². The van der Waals surface area contributed by atoms with Gasteiger partial charge in [-0.25, -0.2) is 4.39 Å². The van der Waals surface area contributed by atoms with E-state index in [0.717, 1.165) is 17.1 Å². The van der Waals surface area contributed by atoms with Crippen molar-refractivity contribution in [2.24, 2.45) is 0 Å². The first-order chi connectivity index (χ1) is 9.83. The Labute approximate surface area is 129 Å². The minimum absolute atomic E-state index is 0.283. The summed E-state index contributed by atoms with van der Waals surface area (Å²) in [7, 11) is 0. The summed E-state index contributed by atoms with van der Waals surface area (Å²) in [4.78, 5) is 12.2. The Morgan fingerprint density at radius 2 is 2.10 bits per heavy atom. The molecule has 1 amide bonds. The van der Waals surface area contributed by atoms with E-state index in [1.165, 1.54) is 12.1 Å². The lowest BCUT2D eigenvalue weighted by Gasteiger charge is -2.32. The number of rotatable bonds is 4. The molecule has 0 aliphatic carbocycles. The van der Waals surface area contributed by atoms with Crippen molar-refractivity contribution in [2.45, 2.75) is 37.7 Å². The van der Waals surface area contributed by atoms with Gasteiger partial charge in [0.05, 0.1) is 0 Å². The quantitative estimate of drug-likeness (QED) is 0.898. The molecule has 1 aliphatic rings. The van der Waals surface area contributed by atoms with Crippen LogP contribution in [0.15, 0.2) is 24.3 Å². The molecule has 1 fully saturated rings. The minimum Gasteiger partial charge on any atom is -0.380 e. The number of thioether (sulfide) groups is 1. The molecule has 0 spiro atoms. The topological polar surface area (TPSA) is 49.3 Å². The van der Waals surface area contributed by atoms with Crippen molar-refractivity contribution < 1.29 is 14.3 Å². The van der Waals surface area contributed by atoms with E-state index >= 15 is 0 Å². The van der Waals surface area contributed by atoms with Crippen LogP contribution in [0.3, 0.4) is 0 Å². The molecule has 2 N–H and O–H groups in total. The zero-order chi connectivity index (χ0) is 15.5. The lowest BCUT2D eigenvalue weighted by Crippen LogP contribution is -2.51. The maximum absolute atomic E-state index is 13.3. The molecule has 1 saturated heterocycles. The van der Waals surface area contributed by atoms with E-state index in [0.29, 0.717) is 19.4 Å². The Morgan fingerprint density at radius 3 is 2.71 bits per heavy atom. The Kier molecular flexibility index (Phi) is 4.94. The van der Waals surface area contributed by atoms with Crippen LogP contribution < -0.4 is 5.32 Å². The van der Waals surface area contributed by atoms with E-state index in [-0.39, 0.29) is 11.7 Å². The molecule has 1 aromatic rings. The Bertz CT molecular complexity index is 513. The number of nitrogens with one attached hydrogen (secondary N) is 1. The van der Waals surface area contributed by atoms with Crippen LogP contribution in [0.25, 0.3) is 0 Å². The molecule has 0 bridgehead atoms. The monoisotopic (exact) mass is 311 g/mol. The number of hydrogen-bond acceptors (Lipinski definition) is 3. The third-order valence-electron chi connectivity index (χ3n) is 4.04. The SMILES string of the molecule is CC(C)(CNC(=O)C1(O)CCSCC1)c1cccc(F)c1. The van der Waals surface area contributed by atoms with Crippen molar-refractivity contribution in [3.8, 4) is 0 Å². The predicted octanol–water partition coefficient (Wildman–Crippen LogP) is 2.48. The Balaban J connectivity index is 1.99. The number of carbonyl (C=O) groups excluding carboxylic acids is 1.